The zero-order chi connectivity index (χ0) is 32.3. The van der Waals surface area contributed by atoms with Crippen molar-refractivity contribution in [1.29, 1.82) is 0 Å². The fraction of sp³-hybridized carbons (Fsp3) is 0.0732. The van der Waals surface area contributed by atoms with E-state index in [1.807, 2.05) is 42.7 Å². The molecule has 0 amide bonds. The van der Waals surface area contributed by atoms with E-state index in [2.05, 4.69) is 177 Å². The number of benzene rings is 4. The van der Waals surface area contributed by atoms with Crippen LogP contribution in [0.5, 0.6) is 0 Å². The van der Waals surface area contributed by atoms with Crippen LogP contribution >= 0.6 is 0 Å². The lowest BCUT2D eigenvalue weighted by molar-refractivity contribution is -0.599. The van der Waals surface area contributed by atoms with Gasteiger partial charge in [0.1, 0.15) is 23.8 Å². The highest BCUT2D eigenvalue weighted by Gasteiger charge is 2.11. The summed E-state index contributed by atoms with van der Waals surface area (Å²) < 4.78 is 6.34. The fourth-order valence-electron chi connectivity index (χ4n) is 5.24. The van der Waals surface area contributed by atoms with Gasteiger partial charge in [0, 0.05) is 67.3 Å². The first kappa shape index (κ1) is 30.9. The summed E-state index contributed by atoms with van der Waals surface area (Å²) in [6.07, 6.45) is 18.4. The van der Waals surface area contributed by atoms with Crippen LogP contribution in [0.1, 0.15) is 18.1 Å². The van der Waals surface area contributed by atoms with E-state index in [9.17, 15) is 0 Å². The third-order valence-electron chi connectivity index (χ3n) is 7.93. The summed E-state index contributed by atoms with van der Waals surface area (Å²) in [4.78, 5) is 2.21. The molecule has 0 unspecified atom stereocenters. The maximum Gasteiger partial charge on any atom is 0.254 e. The third-order valence-corrected chi connectivity index (χ3v) is 7.93. The highest BCUT2D eigenvalue weighted by Crippen LogP contribution is 2.19. The Morgan fingerprint density at radius 3 is 2.09 bits per heavy atom. The largest absolute Gasteiger partial charge is 0.386 e. The van der Waals surface area contributed by atoms with Crippen LogP contribution in [-0.4, -0.2) is 11.1 Å². The van der Waals surface area contributed by atoms with Gasteiger partial charge in [-0.3, -0.25) is 0 Å². The first-order valence-corrected chi connectivity index (χ1v) is 15.9. The molecule has 0 spiro atoms. The normalized spacial score (nSPS) is 11.2. The number of aromatic nitrogens is 3. The molecule has 0 saturated heterocycles. The first-order valence-electron chi connectivity index (χ1n) is 15.9. The van der Waals surface area contributed by atoms with Crippen LogP contribution < -0.4 is 24.7 Å². The van der Waals surface area contributed by atoms with E-state index in [4.69, 9.17) is 0 Å². The predicted molar refractivity (Wildman–Crippen MR) is 193 cm³/mol. The van der Waals surface area contributed by atoms with Crippen molar-refractivity contribution in [3.8, 4) is 17.1 Å². The summed E-state index contributed by atoms with van der Waals surface area (Å²) in [6.45, 7) is 8.10. The molecule has 47 heavy (non-hydrogen) atoms. The molecule has 6 aromatic rings. The van der Waals surface area contributed by atoms with Crippen molar-refractivity contribution in [2.45, 2.75) is 13.5 Å². The first-order chi connectivity index (χ1) is 23.2. The van der Waals surface area contributed by atoms with Gasteiger partial charge in [0.25, 0.3) is 6.33 Å². The molecule has 6 heteroatoms. The van der Waals surface area contributed by atoms with Crippen molar-refractivity contribution < 1.29 is 9.13 Å². The molecule has 0 bridgehead atoms. The maximum atomic E-state index is 4.27. The van der Waals surface area contributed by atoms with Gasteiger partial charge in [-0.2, -0.15) is 4.57 Å². The second kappa shape index (κ2) is 15.2. The number of rotatable bonds is 13. The SMILES string of the molecule is C=C(/C=C\Nc1ccc(N(/C=C\NCc2ccccc2)CC)cc1)c1cc[n+](-c2ccc(-[n+]3ccn(-c4ccccc4)c3)cc2)cc1. The monoisotopic (exact) mass is 616 g/mol. The van der Waals surface area contributed by atoms with Crippen LogP contribution in [0.15, 0.2) is 184 Å². The summed E-state index contributed by atoms with van der Waals surface area (Å²) in [6, 6.07) is 41.8. The quantitative estimate of drug-likeness (QED) is 0.103. The number of hydrogen-bond acceptors (Lipinski definition) is 3. The smallest absolute Gasteiger partial charge is 0.254 e. The molecule has 2 heterocycles. The van der Waals surface area contributed by atoms with E-state index in [0.29, 0.717) is 0 Å². The number of imidazole rings is 1. The standard InChI is InChI=1S/C41H40N6/c1-3-44(29-26-42-32-35-10-6-4-7-11-35)39-16-14-37(15-17-39)43-25-22-34(2)36-23-27-45(28-24-36)40-18-20-41(21-19-40)47-31-30-46(33-47)38-12-8-5-9-13-38/h4-31,33,42-43H,2-3,32H2,1H3/q+2/b25-22-,29-26-. The lowest BCUT2D eigenvalue weighted by Gasteiger charge is -2.18. The second-order valence-corrected chi connectivity index (χ2v) is 11.1. The van der Waals surface area contributed by atoms with Crippen molar-refractivity contribution in [2.24, 2.45) is 0 Å². The molecule has 0 aliphatic carbocycles. The van der Waals surface area contributed by atoms with E-state index in [-0.39, 0.29) is 0 Å². The molecule has 4 aromatic carbocycles. The highest BCUT2D eigenvalue weighted by atomic mass is 15.1. The molecule has 232 valence electrons. The maximum absolute atomic E-state index is 4.27. The molecule has 0 atom stereocenters. The van der Waals surface area contributed by atoms with Gasteiger partial charge < -0.3 is 15.5 Å². The molecule has 0 aliphatic rings. The summed E-state index contributed by atoms with van der Waals surface area (Å²) in [5.74, 6) is 0. The van der Waals surface area contributed by atoms with Gasteiger partial charge in [0.15, 0.2) is 12.4 Å². The fourth-order valence-corrected chi connectivity index (χ4v) is 5.24. The van der Waals surface area contributed by atoms with E-state index in [1.54, 1.807) is 0 Å². The third kappa shape index (κ3) is 8.12. The van der Waals surface area contributed by atoms with Gasteiger partial charge in [-0.05, 0) is 78.2 Å². The van der Waals surface area contributed by atoms with Gasteiger partial charge in [0.2, 0.25) is 5.69 Å². The topological polar surface area (TPSA) is 40.0 Å². The van der Waals surface area contributed by atoms with Crippen LogP contribution in [0.25, 0.3) is 22.6 Å². The van der Waals surface area contributed by atoms with Crippen molar-refractivity contribution in [1.82, 2.24) is 9.88 Å². The average Bonchev–Trinajstić information content (AvgIpc) is 3.64. The Kier molecular flexibility index (Phi) is 10.0. The van der Waals surface area contributed by atoms with E-state index in [1.165, 1.54) is 5.56 Å². The van der Waals surface area contributed by atoms with E-state index < -0.39 is 0 Å². The molecule has 0 radical (unpaired) electrons. The van der Waals surface area contributed by atoms with Crippen LogP contribution in [0.3, 0.4) is 0 Å². The van der Waals surface area contributed by atoms with Gasteiger partial charge in [-0.15, -0.1) is 0 Å². The Morgan fingerprint density at radius 1 is 0.745 bits per heavy atom. The molecule has 0 fully saturated rings. The van der Waals surface area contributed by atoms with Crippen molar-refractivity contribution >= 4 is 16.9 Å². The summed E-state index contributed by atoms with van der Waals surface area (Å²) in [7, 11) is 0. The lowest BCUT2D eigenvalue weighted by Crippen LogP contribution is -2.31. The number of para-hydroxylation sites is 1. The van der Waals surface area contributed by atoms with Crippen molar-refractivity contribution in [2.75, 3.05) is 16.8 Å². The Balaban J connectivity index is 0.998. The minimum atomic E-state index is 0.803. The van der Waals surface area contributed by atoms with Gasteiger partial charge >= 0.3 is 0 Å². The van der Waals surface area contributed by atoms with Crippen molar-refractivity contribution in [3.05, 3.63) is 195 Å². The zero-order valence-electron chi connectivity index (χ0n) is 26.7. The molecular weight excluding hydrogens is 576 g/mol. The van der Waals surface area contributed by atoms with Crippen LogP contribution in [0.2, 0.25) is 0 Å². The average molecular weight is 617 g/mol. The zero-order valence-corrected chi connectivity index (χ0v) is 26.7. The number of allylic oxidation sites excluding steroid dienone is 2. The van der Waals surface area contributed by atoms with Gasteiger partial charge in [0.05, 0.1) is 0 Å². The Morgan fingerprint density at radius 2 is 1.40 bits per heavy atom. The Hall–Kier alpha value is -6.14. The minimum absolute atomic E-state index is 0.803. The number of hydrogen-bond donors (Lipinski definition) is 2. The molecule has 2 N–H and O–H groups in total. The Labute approximate surface area is 277 Å². The van der Waals surface area contributed by atoms with Gasteiger partial charge in [-0.25, -0.2) is 9.13 Å². The number of nitrogens with zero attached hydrogens (tertiary/aromatic N) is 4. The predicted octanol–water partition coefficient (Wildman–Crippen LogP) is 7.76. The molecule has 6 rings (SSSR count). The second-order valence-electron chi connectivity index (χ2n) is 11.1. The summed E-state index contributed by atoms with van der Waals surface area (Å²) in [5, 5.41) is 6.74. The highest BCUT2D eigenvalue weighted by molar-refractivity contribution is 5.72. The molecule has 0 saturated carbocycles. The van der Waals surface area contributed by atoms with Crippen LogP contribution in [0, 0.1) is 0 Å². The molecule has 2 aromatic heterocycles. The minimum Gasteiger partial charge on any atom is -0.386 e. The van der Waals surface area contributed by atoms with E-state index in [0.717, 1.165) is 52.7 Å². The molecular formula is C41H40N6+2. The van der Waals surface area contributed by atoms with Gasteiger partial charge in [-0.1, -0.05) is 55.1 Å². The molecule has 0 aliphatic heterocycles. The van der Waals surface area contributed by atoms with Crippen molar-refractivity contribution in [3.63, 3.8) is 0 Å². The lowest BCUT2D eigenvalue weighted by atomic mass is 10.1. The summed E-state index contributed by atoms with van der Waals surface area (Å²) >= 11 is 0. The molecule has 6 nitrogen and oxygen atoms in total. The number of nitrogens with one attached hydrogen (secondary N) is 2. The van der Waals surface area contributed by atoms with Crippen LogP contribution in [-0.2, 0) is 6.54 Å². The summed E-state index contributed by atoms with van der Waals surface area (Å²) in [5.41, 5.74) is 8.74. The van der Waals surface area contributed by atoms with Crippen LogP contribution in [0.4, 0.5) is 11.4 Å². The van der Waals surface area contributed by atoms with E-state index >= 15 is 0 Å². The number of anilines is 2. The Bertz CT molecular complexity index is 1920. The number of pyridine rings is 1.